The summed E-state index contributed by atoms with van der Waals surface area (Å²) in [4.78, 5) is 18.5. The van der Waals surface area contributed by atoms with Crippen LogP contribution in [-0.4, -0.2) is 51.9 Å². The van der Waals surface area contributed by atoms with E-state index in [2.05, 4.69) is 20.3 Å². The lowest BCUT2D eigenvalue weighted by Gasteiger charge is -2.36. The number of hydrogen-bond donors (Lipinski definition) is 1. The second-order valence-corrected chi connectivity index (χ2v) is 7.94. The van der Waals surface area contributed by atoms with Gasteiger partial charge in [0.25, 0.3) is 5.56 Å². The molecule has 7 nitrogen and oxygen atoms in total. The van der Waals surface area contributed by atoms with Crippen LogP contribution in [0.25, 0.3) is 0 Å². The van der Waals surface area contributed by atoms with Crippen molar-refractivity contribution in [2.24, 2.45) is 0 Å². The molecule has 0 radical (unpaired) electrons. The number of nitrogens with one attached hydrogen (secondary N) is 1. The van der Waals surface area contributed by atoms with Gasteiger partial charge < -0.3 is 10.1 Å². The summed E-state index contributed by atoms with van der Waals surface area (Å²) in [6.45, 7) is 3.29. The average molecular weight is 437 g/mol. The van der Waals surface area contributed by atoms with Crippen LogP contribution in [0.15, 0.2) is 29.2 Å². The molecule has 1 saturated heterocycles. The minimum absolute atomic E-state index is 0.0681. The number of anilines is 1. The quantitative estimate of drug-likeness (QED) is 0.749. The lowest BCUT2D eigenvalue weighted by molar-refractivity contribution is -0.137. The second-order valence-electron chi connectivity index (χ2n) is 7.94. The lowest BCUT2D eigenvalue weighted by Crippen LogP contribution is -2.46. The smallest absolute Gasteiger partial charge is 0.376 e. The topological polar surface area (TPSA) is 72.3 Å². The van der Waals surface area contributed by atoms with Gasteiger partial charge >= 0.3 is 6.18 Å². The fraction of sp³-hybridized carbons (Fsp3) is 0.571. The van der Waals surface area contributed by atoms with Gasteiger partial charge in [0.15, 0.2) is 0 Å². The molecule has 0 aromatic carbocycles. The molecule has 2 aliphatic rings. The molecule has 1 N–H and O–H groups in total. The number of hydrogen-bond acceptors (Lipinski definition) is 6. The van der Waals surface area contributed by atoms with Gasteiger partial charge in [-0.3, -0.25) is 9.69 Å². The van der Waals surface area contributed by atoms with Gasteiger partial charge in [-0.1, -0.05) is 6.42 Å². The predicted molar refractivity (Wildman–Crippen MR) is 109 cm³/mol. The number of likely N-dealkylation sites (tertiary alicyclic amines) is 1. The Morgan fingerprint density at radius 2 is 2.13 bits per heavy atom. The highest BCUT2D eigenvalue weighted by Gasteiger charge is 2.34. The molecule has 10 heteroatoms. The summed E-state index contributed by atoms with van der Waals surface area (Å²) in [7, 11) is 0. The molecule has 4 heterocycles. The largest absolute Gasteiger partial charge is 0.419 e. The normalized spacial score (nSPS) is 19.8. The molecule has 2 aliphatic heterocycles. The summed E-state index contributed by atoms with van der Waals surface area (Å²) >= 11 is 0. The Kier molecular flexibility index (Phi) is 6.57. The van der Waals surface area contributed by atoms with Crippen LogP contribution in [0.5, 0.6) is 0 Å². The number of piperidine rings is 1. The molecular weight excluding hydrogens is 411 g/mol. The summed E-state index contributed by atoms with van der Waals surface area (Å²) < 4.78 is 46.5. The standard InChI is InChI=1S/C21H26F3N5O2/c22-21(23,24)17-5-3-7-25-20(17)26-13-16-4-1-2-8-28(16)9-10-29-19(30)12-15-14-31-11-6-18(15)27-29/h3,5,7,12,16H,1-2,4,6,8-11,13-14H2,(H,25,26). The molecule has 0 spiro atoms. The van der Waals surface area contributed by atoms with E-state index in [-0.39, 0.29) is 17.4 Å². The van der Waals surface area contributed by atoms with Gasteiger partial charge in [0, 0.05) is 43.4 Å². The molecule has 31 heavy (non-hydrogen) atoms. The molecule has 1 fully saturated rings. The molecule has 168 valence electrons. The molecule has 0 bridgehead atoms. The van der Waals surface area contributed by atoms with Crippen LogP contribution in [0.1, 0.15) is 36.1 Å². The zero-order chi connectivity index (χ0) is 21.8. The van der Waals surface area contributed by atoms with Gasteiger partial charge in [-0.15, -0.1) is 0 Å². The molecular formula is C21H26F3N5O2. The van der Waals surface area contributed by atoms with Gasteiger partial charge in [-0.2, -0.15) is 18.3 Å². The van der Waals surface area contributed by atoms with Crippen molar-refractivity contribution in [1.29, 1.82) is 0 Å². The number of fused-ring (bicyclic) bond motifs is 1. The zero-order valence-corrected chi connectivity index (χ0v) is 17.2. The van der Waals surface area contributed by atoms with E-state index in [0.29, 0.717) is 39.3 Å². The van der Waals surface area contributed by atoms with Crippen molar-refractivity contribution in [3.8, 4) is 0 Å². The summed E-state index contributed by atoms with van der Waals surface area (Å²) in [6, 6.07) is 3.98. The maximum atomic E-state index is 13.2. The van der Waals surface area contributed by atoms with E-state index >= 15 is 0 Å². The minimum atomic E-state index is -4.45. The van der Waals surface area contributed by atoms with Crippen LogP contribution in [-0.2, 0) is 30.5 Å². The minimum Gasteiger partial charge on any atom is -0.376 e. The van der Waals surface area contributed by atoms with Crippen LogP contribution in [0.4, 0.5) is 19.0 Å². The number of nitrogens with zero attached hydrogens (tertiary/aromatic N) is 4. The highest BCUT2D eigenvalue weighted by atomic mass is 19.4. The third kappa shape index (κ3) is 5.24. The number of ether oxygens (including phenoxy) is 1. The van der Waals surface area contributed by atoms with E-state index in [9.17, 15) is 18.0 Å². The first kappa shape index (κ1) is 21.8. The third-order valence-electron chi connectivity index (χ3n) is 5.87. The summed E-state index contributed by atoms with van der Waals surface area (Å²) in [5.74, 6) is -0.143. The fourth-order valence-electron chi connectivity index (χ4n) is 4.21. The van der Waals surface area contributed by atoms with Gasteiger partial charge in [0.1, 0.15) is 5.82 Å². The monoisotopic (exact) mass is 437 g/mol. The number of pyridine rings is 1. The Labute approximate surface area is 178 Å². The van der Waals surface area contributed by atoms with Crippen LogP contribution < -0.4 is 10.9 Å². The summed E-state index contributed by atoms with van der Waals surface area (Å²) in [6.07, 6.45) is 0.525. The molecule has 1 atom stereocenters. The predicted octanol–water partition coefficient (Wildman–Crippen LogP) is 2.70. The Bertz CT molecular complexity index is 963. The maximum Gasteiger partial charge on any atom is 0.419 e. The SMILES string of the molecule is O=c1cc2c(nn1CCN1CCCCC1CNc1ncccc1C(F)(F)F)CCOC2. The first-order chi connectivity index (χ1) is 14.9. The number of halogens is 3. The van der Waals surface area contributed by atoms with Crippen LogP contribution in [0.2, 0.25) is 0 Å². The van der Waals surface area contributed by atoms with Gasteiger partial charge in [-0.25, -0.2) is 9.67 Å². The van der Waals surface area contributed by atoms with Crippen molar-refractivity contribution >= 4 is 5.82 Å². The Morgan fingerprint density at radius 3 is 2.97 bits per heavy atom. The van der Waals surface area contributed by atoms with Crippen molar-refractivity contribution in [1.82, 2.24) is 19.7 Å². The average Bonchev–Trinajstić information content (AvgIpc) is 2.76. The highest BCUT2D eigenvalue weighted by Crippen LogP contribution is 2.33. The summed E-state index contributed by atoms with van der Waals surface area (Å²) in [5.41, 5.74) is 0.839. The fourth-order valence-corrected chi connectivity index (χ4v) is 4.21. The Hall–Kier alpha value is -2.46. The van der Waals surface area contributed by atoms with Gasteiger partial charge in [0.2, 0.25) is 0 Å². The highest BCUT2D eigenvalue weighted by molar-refractivity contribution is 5.45. The number of aromatic nitrogens is 3. The van der Waals surface area contributed by atoms with Crippen molar-refractivity contribution in [3.63, 3.8) is 0 Å². The molecule has 4 rings (SSSR count). The third-order valence-corrected chi connectivity index (χ3v) is 5.87. The van der Waals surface area contributed by atoms with Crippen LogP contribution in [0, 0.1) is 0 Å². The van der Waals surface area contributed by atoms with E-state index < -0.39 is 11.7 Å². The Balaban J connectivity index is 1.40. The van der Waals surface area contributed by atoms with Crippen molar-refractivity contribution in [3.05, 3.63) is 51.6 Å². The van der Waals surface area contributed by atoms with Crippen molar-refractivity contribution in [2.45, 2.75) is 51.1 Å². The van der Waals surface area contributed by atoms with E-state index in [0.717, 1.165) is 43.1 Å². The van der Waals surface area contributed by atoms with Crippen molar-refractivity contribution in [2.75, 3.05) is 31.6 Å². The van der Waals surface area contributed by atoms with Crippen LogP contribution in [0.3, 0.4) is 0 Å². The zero-order valence-electron chi connectivity index (χ0n) is 17.2. The number of rotatable bonds is 6. The van der Waals surface area contributed by atoms with Gasteiger partial charge in [-0.05, 0) is 31.5 Å². The molecule has 2 aromatic rings. The van der Waals surface area contributed by atoms with Crippen LogP contribution >= 0.6 is 0 Å². The second kappa shape index (κ2) is 9.35. The molecule has 0 amide bonds. The lowest BCUT2D eigenvalue weighted by atomic mass is 10.0. The van der Waals surface area contributed by atoms with E-state index in [4.69, 9.17) is 4.74 Å². The summed E-state index contributed by atoms with van der Waals surface area (Å²) in [5, 5.41) is 7.40. The van der Waals surface area contributed by atoms with Gasteiger partial charge in [0.05, 0.1) is 31.0 Å². The molecule has 0 aliphatic carbocycles. The number of alkyl halides is 3. The van der Waals surface area contributed by atoms with E-state index in [1.165, 1.54) is 16.9 Å². The molecule has 0 saturated carbocycles. The maximum absolute atomic E-state index is 13.2. The first-order valence-electron chi connectivity index (χ1n) is 10.6. The first-order valence-corrected chi connectivity index (χ1v) is 10.6. The molecule has 1 unspecified atom stereocenters. The van der Waals surface area contributed by atoms with Crippen molar-refractivity contribution < 1.29 is 17.9 Å². The molecule has 2 aromatic heterocycles. The Morgan fingerprint density at radius 1 is 1.26 bits per heavy atom. The van der Waals surface area contributed by atoms with E-state index in [1.807, 2.05) is 0 Å². The van der Waals surface area contributed by atoms with E-state index in [1.54, 1.807) is 6.07 Å².